The molecule has 0 aromatic rings. The van der Waals surface area contributed by atoms with Crippen LogP contribution in [-0.2, 0) is 14.1 Å². The average molecular weight is 436 g/mol. The third-order valence-corrected chi connectivity index (χ3v) is 6.40. The van der Waals surface area contributed by atoms with Gasteiger partial charge in [0.2, 0.25) is 8.03 Å². The molecule has 1 N–H and O–H groups in total. The Morgan fingerprint density at radius 1 is 0.690 bits per heavy atom. The first-order valence-electron chi connectivity index (χ1n) is 12.4. The SMILES string of the molecule is CCCCCCCCCCCCCCN(CCCCO)CCC[PH](=O)OOCC. The van der Waals surface area contributed by atoms with Crippen LogP contribution in [0.3, 0.4) is 0 Å². The first-order chi connectivity index (χ1) is 14.2. The number of nitrogens with zero attached hydrogens (tertiary/aromatic N) is 1. The molecule has 0 rings (SSSR count). The van der Waals surface area contributed by atoms with Gasteiger partial charge in [0.1, 0.15) is 0 Å². The molecule has 0 aromatic heterocycles. The van der Waals surface area contributed by atoms with E-state index in [1.165, 1.54) is 77.0 Å². The van der Waals surface area contributed by atoms with E-state index in [2.05, 4.69) is 11.8 Å². The fourth-order valence-corrected chi connectivity index (χ4v) is 4.35. The number of rotatable bonds is 24. The summed E-state index contributed by atoms with van der Waals surface area (Å²) in [6.07, 6.45) is 19.8. The van der Waals surface area contributed by atoms with E-state index in [4.69, 9.17) is 14.7 Å². The zero-order valence-corrected chi connectivity index (χ0v) is 20.5. The first kappa shape index (κ1) is 29.1. The highest BCUT2D eigenvalue weighted by Crippen LogP contribution is 2.23. The Morgan fingerprint density at radius 2 is 1.17 bits per heavy atom. The van der Waals surface area contributed by atoms with Crippen molar-refractivity contribution < 1.29 is 19.2 Å². The molecule has 0 saturated carbocycles. The average Bonchev–Trinajstić information content (AvgIpc) is 2.72. The summed E-state index contributed by atoms with van der Waals surface area (Å²) < 4.78 is 16.5. The number of hydrogen-bond donors (Lipinski definition) is 1. The summed E-state index contributed by atoms with van der Waals surface area (Å²) in [5, 5.41) is 9.01. The Labute approximate surface area is 181 Å². The number of aliphatic hydroxyl groups excluding tert-OH is 1. The summed E-state index contributed by atoms with van der Waals surface area (Å²) in [5.74, 6) is 0. The van der Waals surface area contributed by atoms with Crippen LogP contribution in [-0.4, -0.2) is 49.0 Å². The Kier molecular flexibility index (Phi) is 24.4. The molecule has 1 unspecified atom stereocenters. The van der Waals surface area contributed by atoms with Gasteiger partial charge in [-0.2, -0.15) is 4.67 Å². The van der Waals surface area contributed by atoms with Gasteiger partial charge in [0.05, 0.1) is 6.61 Å². The van der Waals surface area contributed by atoms with Crippen molar-refractivity contribution in [2.45, 2.75) is 110 Å². The molecule has 0 aromatic carbocycles. The second-order valence-electron chi connectivity index (χ2n) is 8.13. The van der Waals surface area contributed by atoms with Gasteiger partial charge in [-0.25, -0.2) is 4.89 Å². The van der Waals surface area contributed by atoms with Crippen LogP contribution in [0, 0.1) is 0 Å². The van der Waals surface area contributed by atoms with E-state index < -0.39 is 8.03 Å². The summed E-state index contributed by atoms with van der Waals surface area (Å²) in [6.45, 7) is 7.88. The minimum Gasteiger partial charge on any atom is -0.396 e. The fourth-order valence-electron chi connectivity index (χ4n) is 3.57. The van der Waals surface area contributed by atoms with Crippen molar-refractivity contribution >= 4 is 8.03 Å². The van der Waals surface area contributed by atoms with E-state index in [1.807, 2.05) is 6.92 Å². The van der Waals surface area contributed by atoms with Gasteiger partial charge in [-0.05, 0) is 52.2 Å². The highest BCUT2D eigenvalue weighted by Gasteiger charge is 2.07. The van der Waals surface area contributed by atoms with Crippen LogP contribution in [0.15, 0.2) is 0 Å². The van der Waals surface area contributed by atoms with Gasteiger partial charge in [-0.15, -0.1) is 0 Å². The lowest BCUT2D eigenvalue weighted by Crippen LogP contribution is -2.27. The second-order valence-corrected chi connectivity index (χ2v) is 9.54. The van der Waals surface area contributed by atoms with Crippen molar-refractivity contribution in [1.82, 2.24) is 4.90 Å². The van der Waals surface area contributed by atoms with Gasteiger partial charge in [-0.3, -0.25) is 4.57 Å². The highest BCUT2D eigenvalue weighted by molar-refractivity contribution is 7.38. The predicted molar refractivity (Wildman–Crippen MR) is 125 cm³/mol. The third-order valence-electron chi connectivity index (χ3n) is 5.34. The quantitative estimate of drug-likeness (QED) is 0.0801. The number of aliphatic hydroxyl groups is 1. The summed E-state index contributed by atoms with van der Waals surface area (Å²) in [5.41, 5.74) is 0. The maximum Gasteiger partial charge on any atom is 0.225 e. The Bertz CT molecular complexity index is 345. The molecule has 5 nitrogen and oxygen atoms in total. The van der Waals surface area contributed by atoms with E-state index in [0.717, 1.165) is 38.9 Å². The van der Waals surface area contributed by atoms with E-state index >= 15 is 0 Å². The molecule has 0 heterocycles. The molecule has 29 heavy (non-hydrogen) atoms. The van der Waals surface area contributed by atoms with E-state index in [9.17, 15) is 4.57 Å². The lowest BCUT2D eigenvalue weighted by molar-refractivity contribution is -0.196. The van der Waals surface area contributed by atoms with Gasteiger partial charge < -0.3 is 10.0 Å². The fraction of sp³-hybridized carbons (Fsp3) is 1.00. The minimum atomic E-state index is -2.06. The number of hydrogen-bond acceptors (Lipinski definition) is 5. The molecule has 0 fully saturated rings. The summed E-state index contributed by atoms with van der Waals surface area (Å²) in [6, 6.07) is 0. The molecular weight excluding hydrogens is 385 g/mol. The van der Waals surface area contributed by atoms with E-state index in [1.54, 1.807) is 0 Å². The molecule has 0 radical (unpaired) electrons. The lowest BCUT2D eigenvalue weighted by atomic mass is 10.1. The van der Waals surface area contributed by atoms with Crippen LogP contribution in [0.1, 0.15) is 110 Å². The van der Waals surface area contributed by atoms with Crippen LogP contribution in [0.4, 0.5) is 0 Å². The molecule has 1 atom stereocenters. The second kappa shape index (κ2) is 24.3. The zero-order chi connectivity index (χ0) is 21.4. The van der Waals surface area contributed by atoms with Gasteiger partial charge >= 0.3 is 0 Å². The monoisotopic (exact) mass is 435 g/mol. The summed E-state index contributed by atoms with van der Waals surface area (Å²) in [4.78, 5) is 7.23. The van der Waals surface area contributed by atoms with Crippen LogP contribution in [0.25, 0.3) is 0 Å². The van der Waals surface area contributed by atoms with E-state index in [0.29, 0.717) is 12.8 Å². The molecule has 0 aliphatic carbocycles. The van der Waals surface area contributed by atoms with Crippen molar-refractivity contribution in [3.8, 4) is 0 Å². The van der Waals surface area contributed by atoms with Crippen molar-refractivity contribution in [2.24, 2.45) is 0 Å². The molecule has 0 saturated heterocycles. The van der Waals surface area contributed by atoms with Gasteiger partial charge in [0, 0.05) is 12.8 Å². The van der Waals surface area contributed by atoms with Crippen LogP contribution < -0.4 is 0 Å². The van der Waals surface area contributed by atoms with Crippen molar-refractivity contribution in [3.05, 3.63) is 0 Å². The molecule has 0 aliphatic rings. The largest absolute Gasteiger partial charge is 0.396 e. The van der Waals surface area contributed by atoms with E-state index in [-0.39, 0.29) is 6.61 Å². The Balaban J connectivity index is 3.68. The van der Waals surface area contributed by atoms with Gasteiger partial charge in [0.15, 0.2) is 0 Å². The molecule has 0 aliphatic heterocycles. The van der Waals surface area contributed by atoms with Crippen molar-refractivity contribution in [1.29, 1.82) is 0 Å². The maximum absolute atomic E-state index is 11.7. The molecule has 176 valence electrons. The first-order valence-corrected chi connectivity index (χ1v) is 13.9. The van der Waals surface area contributed by atoms with Crippen molar-refractivity contribution in [3.63, 3.8) is 0 Å². The molecular formula is C23H50NO4P. The molecule has 0 amide bonds. The standard InChI is InChI=1S/C23H50NO4P/c1-3-5-6-7-8-9-10-11-12-13-14-15-19-24(20-16-17-22-25)21-18-23-29(26)28-27-4-2/h25,29H,3-23H2,1-2H3. The topological polar surface area (TPSA) is 59.0 Å². The normalized spacial score (nSPS) is 12.7. The maximum atomic E-state index is 11.7. The molecule has 6 heteroatoms. The third kappa shape index (κ3) is 22.6. The lowest BCUT2D eigenvalue weighted by Gasteiger charge is -2.22. The number of unbranched alkanes of at least 4 members (excludes halogenated alkanes) is 12. The predicted octanol–water partition coefficient (Wildman–Crippen LogP) is 6.59. The summed E-state index contributed by atoms with van der Waals surface area (Å²) in [7, 11) is -2.06. The Morgan fingerprint density at radius 3 is 1.69 bits per heavy atom. The summed E-state index contributed by atoms with van der Waals surface area (Å²) >= 11 is 0. The smallest absolute Gasteiger partial charge is 0.225 e. The van der Waals surface area contributed by atoms with Gasteiger partial charge in [0.25, 0.3) is 0 Å². The zero-order valence-electron chi connectivity index (χ0n) is 19.5. The van der Waals surface area contributed by atoms with Crippen LogP contribution in [0.5, 0.6) is 0 Å². The molecule has 0 bridgehead atoms. The minimum absolute atomic E-state index is 0.266. The van der Waals surface area contributed by atoms with Crippen molar-refractivity contribution in [2.75, 3.05) is 39.0 Å². The van der Waals surface area contributed by atoms with Crippen LogP contribution in [0.2, 0.25) is 0 Å². The molecule has 0 spiro atoms. The Hall–Kier alpha value is 0.0700. The van der Waals surface area contributed by atoms with Crippen LogP contribution >= 0.6 is 8.03 Å². The van der Waals surface area contributed by atoms with Gasteiger partial charge in [-0.1, -0.05) is 77.6 Å². The highest BCUT2D eigenvalue weighted by atomic mass is 31.1.